The van der Waals surface area contributed by atoms with Crippen molar-refractivity contribution in [3.63, 3.8) is 0 Å². The number of benzene rings is 2. The molecular weight excluding hydrogens is 414 g/mol. The van der Waals surface area contributed by atoms with Crippen LogP contribution in [0.4, 0.5) is 0 Å². The Morgan fingerprint density at radius 2 is 1.28 bits per heavy atom. The summed E-state index contributed by atoms with van der Waals surface area (Å²) in [5.74, 6) is 0.0474. The maximum Gasteiger partial charge on any atom is 0.261 e. The molecule has 1 amide bonds. The number of carbonyl (C=O) groups excluding carboxylic acids is 1. The standard InChI is InChI=1S/C27H41NO3Si/c1-27(2,3)32(24-18-12-10-13-19-24,25-20-14-11-15-21-25)31-23-17-9-7-6-8-16-22-26(29)28(4)30-5/h10-15,18-21H,6-9,16-17,22-23H2,1-5H3. The molecule has 0 unspecified atom stereocenters. The van der Waals surface area contributed by atoms with E-state index in [1.165, 1.54) is 29.0 Å². The maximum atomic E-state index is 11.7. The first-order valence-electron chi connectivity index (χ1n) is 11.9. The van der Waals surface area contributed by atoms with Gasteiger partial charge in [0.15, 0.2) is 0 Å². The monoisotopic (exact) mass is 455 g/mol. The van der Waals surface area contributed by atoms with E-state index in [1.807, 2.05) is 0 Å². The van der Waals surface area contributed by atoms with E-state index in [0.29, 0.717) is 6.42 Å². The molecule has 2 aromatic carbocycles. The van der Waals surface area contributed by atoms with Crippen LogP contribution in [0.15, 0.2) is 60.7 Å². The van der Waals surface area contributed by atoms with Gasteiger partial charge in [-0.05, 0) is 28.3 Å². The number of rotatable bonds is 13. The normalized spacial score (nSPS) is 12.0. The molecule has 0 bridgehead atoms. The van der Waals surface area contributed by atoms with Gasteiger partial charge in [0.05, 0.1) is 7.11 Å². The predicted octanol–water partition coefficient (Wildman–Crippen LogP) is 5.31. The molecule has 0 saturated carbocycles. The highest BCUT2D eigenvalue weighted by atomic mass is 28.4. The van der Waals surface area contributed by atoms with Gasteiger partial charge in [-0.3, -0.25) is 9.63 Å². The van der Waals surface area contributed by atoms with E-state index in [9.17, 15) is 4.79 Å². The number of unbranched alkanes of at least 4 members (excludes halogenated alkanes) is 5. The molecule has 0 atom stereocenters. The molecule has 0 N–H and O–H groups in total. The predicted molar refractivity (Wildman–Crippen MR) is 136 cm³/mol. The first kappa shape index (κ1) is 26.3. The molecule has 0 aliphatic heterocycles. The fraction of sp³-hybridized carbons (Fsp3) is 0.519. The number of nitrogens with zero attached hydrogens (tertiary/aromatic N) is 1. The van der Waals surface area contributed by atoms with Crippen LogP contribution in [0, 0.1) is 0 Å². The van der Waals surface area contributed by atoms with Gasteiger partial charge in [-0.1, -0.05) is 107 Å². The average molecular weight is 456 g/mol. The van der Waals surface area contributed by atoms with Crippen molar-refractivity contribution in [1.29, 1.82) is 0 Å². The van der Waals surface area contributed by atoms with Gasteiger partial charge < -0.3 is 4.43 Å². The van der Waals surface area contributed by atoms with Gasteiger partial charge in [0.2, 0.25) is 5.91 Å². The van der Waals surface area contributed by atoms with E-state index < -0.39 is 8.32 Å². The lowest BCUT2D eigenvalue weighted by Crippen LogP contribution is -2.66. The molecule has 2 aromatic rings. The molecule has 32 heavy (non-hydrogen) atoms. The minimum atomic E-state index is -2.41. The van der Waals surface area contributed by atoms with Gasteiger partial charge in [0.25, 0.3) is 8.32 Å². The van der Waals surface area contributed by atoms with Gasteiger partial charge in [0, 0.05) is 20.1 Å². The molecule has 0 fully saturated rings. The molecule has 0 radical (unpaired) electrons. The summed E-state index contributed by atoms with van der Waals surface area (Å²) in [7, 11) is 0.770. The number of amides is 1. The zero-order valence-electron chi connectivity index (χ0n) is 20.6. The number of carbonyl (C=O) groups is 1. The van der Waals surface area contributed by atoms with E-state index in [4.69, 9.17) is 9.26 Å². The average Bonchev–Trinajstić information content (AvgIpc) is 2.80. The number of hydrogen-bond acceptors (Lipinski definition) is 3. The van der Waals surface area contributed by atoms with Gasteiger partial charge in [-0.25, -0.2) is 5.06 Å². The van der Waals surface area contributed by atoms with E-state index in [-0.39, 0.29) is 10.9 Å². The van der Waals surface area contributed by atoms with Crippen molar-refractivity contribution >= 4 is 24.6 Å². The Balaban J connectivity index is 1.90. The Kier molecular flexibility index (Phi) is 10.6. The van der Waals surface area contributed by atoms with Crippen LogP contribution in [0.5, 0.6) is 0 Å². The number of hydroxylamine groups is 2. The molecule has 5 heteroatoms. The van der Waals surface area contributed by atoms with Crippen molar-refractivity contribution in [3.05, 3.63) is 60.7 Å². The molecule has 2 rings (SSSR count). The Bertz CT molecular complexity index is 750. The fourth-order valence-electron chi connectivity index (χ4n) is 4.33. The maximum absolute atomic E-state index is 11.7. The minimum absolute atomic E-state index is 0.0254. The molecular formula is C27H41NO3Si. The van der Waals surface area contributed by atoms with Crippen molar-refractivity contribution in [2.75, 3.05) is 20.8 Å². The fourth-order valence-corrected chi connectivity index (χ4v) is 8.94. The highest BCUT2D eigenvalue weighted by molar-refractivity contribution is 6.99. The topological polar surface area (TPSA) is 38.8 Å². The molecule has 0 heterocycles. The van der Waals surface area contributed by atoms with E-state index in [2.05, 4.69) is 81.4 Å². The van der Waals surface area contributed by atoms with Crippen LogP contribution in [-0.2, 0) is 14.1 Å². The third-order valence-electron chi connectivity index (χ3n) is 6.15. The zero-order chi connectivity index (χ0) is 23.5. The molecule has 0 aliphatic rings. The van der Waals surface area contributed by atoms with E-state index >= 15 is 0 Å². The summed E-state index contributed by atoms with van der Waals surface area (Å²) in [5, 5.41) is 4.01. The molecule has 0 spiro atoms. The van der Waals surface area contributed by atoms with E-state index in [1.54, 1.807) is 7.05 Å². The summed E-state index contributed by atoms with van der Waals surface area (Å²) in [6.45, 7) is 7.75. The van der Waals surface area contributed by atoms with Crippen LogP contribution in [0.2, 0.25) is 5.04 Å². The van der Waals surface area contributed by atoms with Crippen molar-refractivity contribution < 1.29 is 14.1 Å². The molecule has 0 saturated heterocycles. The second-order valence-electron chi connectivity index (χ2n) is 9.46. The summed E-state index contributed by atoms with van der Waals surface area (Å²) in [6.07, 6.45) is 7.12. The summed E-state index contributed by atoms with van der Waals surface area (Å²) < 4.78 is 6.94. The number of hydrogen-bond donors (Lipinski definition) is 0. The van der Waals surface area contributed by atoms with Crippen LogP contribution in [0.1, 0.15) is 65.7 Å². The van der Waals surface area contributed by atoms with Crippen LogP contribution >= 0.6 is 0 Å². The lowest BCUT2D eigenvalue weighted by Gasteiger charge is -2.43. The molecule has 4 nitrogen and oxygen atoms in total. The second-order valence-corrected chi connectivity index (χ2v) is 13.8. The minimum Gasteiger partial charge on any atom is -0.407 e. The summed E-state index contributed by atoms with van der Waals surface area (Å²) in [6, 6.07) is 21.6. The van der Waals surface area contributed by atoms with Gasteiger partial charge in [0.1, 0.15) is 0 Å². The Morgan fingerprint density at radius 3 is 1.75 bits per heavy atom. The van der Waals surface area contributed by atoms with Crippen molar-refractivity contribution in [2.45, 2.75) is 70.8 Å². The van der Waals surface area contributed by atoms with Crippen molar-refractivity contribution in [3.8, 4) is 0 Å². The van der Waals surface area contributed by atoms with Gasteiger partial charge >= 0.3 is 0 Å². The SMILES string of the molecule is CON(C)C(=O)CCCCCCCCO[Si](c1ccccc1)(c1ccccc1)C(C)(C)C. The van der Waals surface area contributed by atoms with Crippen molar-refractivity contribution in [2.24, 2.45) is 0 Å². The lowest BCUT2D eigenvalue weighted by molar-refractivity contribution is -0.168. The quantitative estimate of drug-likeness (QED) is 0.233. The Labute approximate surface area is 196 Å². The first-order valence-corrected chi connectivity index (χ1v) is 13.8. The van der Waals surface area contributed by atoms with Crippen LogP contribution < -0.4 is 10.4 Å². The Hall–Kier alpha value is -1.95. The summed E-state index contributed by atoms with van der Waals surface area (Å²) >= 11 is 0. The first-order chi connectivity index (χ1) is 15.3. The van der Waals surface area contributed by atoms with Crippen LogP contribution in [0.3, 0.4) is 0 Å². The second kappa shape index (κ2) is 12.9. The molecule has 0 aliphatic carbocycles. The van der Waals surface area contributed by atoms with Crippen molar-refractivity contribution in [1.82, 2.24) is 5.06 Å². The summed E-state index contributed by atoms with van der Waals surface area (Å²) in [5.41, 5.74) is 0. The highest BCUT2D eigenvalue weighted by Gasteiger charge is 2.49. The van der Waals surface area contributed by atoms with Crippen LogP contribution in [-0.4, -0.2) is 40.1 Å². The van der Waals surface area contributed by atoms with Crippen LogP contribution in [0.25, 0.3) is 0 Å². The van der Waals surface area contributed by atoms with Gasteiger partial charge in [-0.2, -0.15) is 0 Å². The highest BCUT2D eigenvalue weighted by Crippen LogP contribution is 2.36. The molecule has 0 aromatic heterocycles. The zero-order valence-corrected chi connectivity index (χ0v) is 21.6. The van der Waals surface area contributed by atoms with E-state index in [0.717, 1.165) is 38.7 Å². The smallest absolute Gasteiger partial charge is 0.261 e. The Morgan fingerprint density at radius 1 is 0.812 bits per heavy atom. The lowest BCUT2D eigenvalue weighted by atomic mass is 10.1. The largest absolute Gasteiger partial charge is 0.407 e. The summed E-state index contributed by atoms with van der Waals surface area (Å²) in [4.78, 5) is 16.7. The molecule has 176 valence electrons. The third kappa shape index (κ3) is 7.02. The third-order valence-corrected chi connectivity index (χ3v) is 11.2. The van der Waals surface area contributed by atoms with Gasteiger partial charge in [-0.15, -0.1) is 0 Å².